The van der Waals surface area contributed by atoms with Gasteiger partial charge in [-0.25, -0.2) is 0 Å². The minimum atomic E-state index is -0.515. The zero-order chi connectivity index (χ0) is 8.85. The van der Waals surface area contributed by atoms with Crippen LogP contribution in [0.5, 0.6) is 0 Å². The highest BCUT2D eigenvalue weighted by Gasteiger charge is 2.16. The van der Waals surface area contributed by atoms with Crippen LogP contribution >= 0.6 is 11.8 Å². The van der Waals surface area contributed by atoms with Crippen molar-refractivity contribution in [3.8, 4) is 0 Å². The molecule has 0 amide bonds. The summed E-state index contributed by atoms with van der Waals surface area (Å²) in [5.74, 6) is 0.0453. The standard InChI is InChI=1S/C6H9NO3S/c1-3-11-6(9)5(7-10)4(2)8/h10H,3H2,1-2H3. The fraction of sp³-hybridized carbons (Fsp3) is 0.500. The van der Waals surface area contributed by atoms with Crippen molar-refractivity contribution in [1.29, 1.82) is 0 Å². The molecule has 0 bridgehead atoms. The lowest BCUT2D eigenvalue weighted by atomic mass is 10.3. The second-order valence-electron chi connectivity index (χ2n) is 1.73. The molecule has 0 aromatic carbocycles. The van der Waals surface area contributed by atoms with Gasteiger partial charge in [0.2, 0.25) is 5.12 Å². The Morgan fingerprint density at radius 3 is 2.36 bits per heavy atom. The predicted molar refractivity (Wildman–Crippen MR) is 43.0 cm³/mol. The first-order valence-corrected chi connectivity index (χ1v) is 4.02. The molecule has 4 nitrogen and oxygen atoms in total. The zero-order valence-electron chi connectivity index (χ0n) is 6.33. The molecule has 0 atom stereocenters. The van der Waals surface area contributed by atoms with Crippen molar-refractivity contribution < 1.29 is 14.8 Å². The van der Waals surface area contributed by atoms with E-state index in [0.29, 0.717) is 5.75 Å². The lowest BCUT2D eigenvalue weighted by molar-refractivity contribution is -0.113. The first kappa shape index (κ1) is 10.2. The van der Waals surface area contributed by atoms with E-state index in [1.807, 2.05) is 0 Å². The number of Topliss-reactive ketones (excluding diaryl/α,β-unsaturated/α-hetero) is 1. The Balaban J connectivity index is 4.29. The number of oxime groups is 1. The first-order valence-electron chi connectivity index (χ1n) is 3.03. The number of ketones is 1. The second-order valence-corrected chi connectivity index (χ2v) is 2.96. The monoisotopic (exact) mass is 175 g/mol. The molecule has 0 aliphatic carbocycles. The Hall–Kier alpha value is -0.840. The van der Waals surface area contributed by atoms with E-state index in [0.717, 1.165) is 11.8 Å². The van der Waals surface area contributed by atoms with E-state index in [-0.39, 0.29) is 0 Å². The van der Waals surface area contributed by atoms with Gasteiger partial charge in [-0.3, -0.25) is 9.59 Å². The largest absolute Gasteiger partial charge is 0.410 e. The molecule has 1 N–H and O–H groups in total. The molecule has 5 heteroatoms. The molecule has 0 aliphatic heterocycles. The van der Waals surface area contributed by atoms with Gasteiger partial charge in [0.1, 0.15) is 0 Å². The third kappa shape index (κ3) is 3.18. The summed E-state index contributed by atoms with van der Waals surface area (Å²) in [6.45, 7) is 2.96. The molecule has 0 aromatic heterocycles. The fourth-order valence-electron chi connectivity index (χ4n) is 0.454. The number of carbonyl (C=O) groups excluding carboxylic acids is 2. The number of rotatable bonds is 3. The Labute approximate surface area is 68.7 Å². The SMILES string of the molecule is CCSC(=O)C(=NO)C(C)=O. The van der Waals surface area contributed by atoms with E-state index in [9.17, 15) is 9.59 Å². The molecule has 0 fully saturated rings. The summed E-state index contributed by atoms with van der Waals surface area (Å²) in [6, 6.07) is 0. The third-order valence-electron chi connectivity index (χ3n) is 0.902. The van der Waals surface area contributed by atoms with Crippen LogP contribution in [0.3, 0.4) is 0 Å². The minimum Gasteiger partial charge on any atom is -0.410 e. The molecule has 0 spiro atoms. The predicted octanol–water partition coefficient (Wildman–Crippen LogP) is 0.685. The van der Waals surface area contributed by atoms with Gasteiger partial charge in [-0.1, -0.05) is 23.8 Å². The summed E-state index contributed by atoms with van der Waals surface area (Å²) >= 11 is 0.942. The van der Waals surface area contributed by atoms with Crippen molar-refractivity contribution in [2.75, 3.05) is 5.75 Å². The average molecular weight is 175 g/mol. The van der Waals surface area contributed by atoms with Gasteiger partial charge in [-0.2, -0.15) is 0 Å². The Morgan fingerprint density at radius 1 is 1.55 bits per heavy atom. The van der Waals surface area contributed by atoms with Gasteiger partial charge < -0.3 is 5.21 Å². The quantitative estimate of drug-likeness (QED) is 0.296. The van der Waals surface area contributed by atoms with E-state index >= 15 is 0 Å². The van der Waals surface area contributed by atoms with Gasteiger partial charge in [0.05, 0.1) is 0 Å². The van der Waals surface area contributed by atoms with Gasteiger partial charge in [-0.15, -0.1) is 0 Å². The van der Waals surface area contributed by atoms with Crippen molar-refractivity contribution in [3.63, 3.8) is 0 Å². The van der Waals surface area contributed by atoms with E-state index in [2.05, 4.69) is 5.16 Å². The lowest BCUT2D eigenvalue weighted by Gasteiger charge is -1.94. The smallest absolute Gasteiger partial charge is 0.244 e. The van der Waals surface area contributed by atoms with E-state index < -0.39 is 16.6 Å². The van der Waals surface area contributed by atoms with Crippen LogP contribution in [0.1, 0.15) is 13.8 Å². The van der Waals surface area contributed by atoms with Gasteiger partial charge in [-0.05, 0) is 5.75 Å². The van der Waals surface area contributed by atoms with Gasteiger partial charge in [0.15, 0.2) is 11.5 Å². The van der Waals surface area contributed by atoms with E-state index in [1.54, 1.807) is 6.92 Å². The number of carbonyl (C=O) groups is 2. The van der Waals surface area contributed by atoms with Crippen LogP contribution in [-0.2, 0) is 9.59 Å². The fourth-order valence-corrected chi connectivity index (χ4v) is 1.04. The lowest BCUT2D eigenvalue weighted by Crippen LogP contribution is -2.19. The Morgan fingerprint density at radius 2 is 2.09 bits per heavy atom. The van der Waals surface area contributed by atoms with E-state index in [1.165, 1.54) is 6.92 Å². The number of nitrogens with zero attached hydrogens (tertiary/aromatic N) is 1. The maximum absolute atomic E-state index is 10.9. The number of thioether (sulfide) groups is 1. The maximum atomic E-state index is 10.9. The summed E-state index contributed by atoms with van der Waals surface area (Å²) < 4.78 is 0. The van der Waals surface area contributed by atoms with Gasteiger partial charge in [0, 0.05) is 6.92 Å². The van der Waals surface area contributed by atoms with Crippen molar-refractivity contribution in [2.24, 2.45) is 5.16 Å². The van der Waals surface area contributed by atoms with Crippen molar-refractivity contribution in [2.45, 2.75) is 13.8 Å². The number of hydrogen-bond acceptors (Lipinski definition) is 5. The average Bonchev–Trinajstić information content (AvgIpc) is 1.88. The van der Waals surface area contributed by atoms with Crippen LogP contribution in [0.2, 0.25) is 0 Å². The first-order chi connectivity index (χ1) is 5.13. The zero-order valence-corrected chi connectivity index (χ0v) is 7.14. The molecule has 0 radical (unpaired) electrons. The van der Waals surface area contributed by atoms with Crippen LogP contribution in [-0.4, -0.2) is 27.6 Å². The van der Waals surface area contributed by atoms with Crippen molar-refractivity contribution >= 4 is 28.4 Å². The normalized spacial score (nSPS) is 11.3. The van der Waals surface area contributed by atoms with Crippen molar-refractivity contribution in [3.05, 3.63) is 0 Å². The topological polar surface area (TPSA) is 66.7 Å². The Bertz CT molecular complexity index is 200. The summed E-state index contributed by atoms with van der Waals surface area (Å²) in [5, 5.41) is 10.3. The molecule has 0 aliphatic rings. The van der Waals surface area contributed by atoms with Crippen LogP contribution in [0.4, 0.5) is 0 Å². The Kier molecular flexibility index (Phi) is 4.52. The summed E-state index contributed by atoms with van der Waals surface area (Å²) in [7, 11) is 0. The number of hydrogen-bond donors (Lipinski definition) is 1. The molecule has 0 saturated heterocycles. The van der Waals surface area contributed by atoms with Crippen LogP contribution in [0, 0.1) is 0 Å². The summed E-state index contributed by atoms with van der Waals surface area (Å²) in [4.78, 5) is 21.4. The highest BCUT2D eigenvalue weighted by Crippen LogP contribution is 2.02. The molecular formula is C6H9NO3S. The van der Waals surface area contributed by atoms with Crippen molar-refractivity contribution in [1.82, 2.24) is 0 Å². The van der Waals surface area contributed by atoms with Gasteiger partial charge in [0.25, 0.3) is 0 Å². The highest BCUT2D eigenvalue weighted by atomic mass is 32.2. The molecular weight excluding hydrogens is 166 g/mol. The van der Waals surface area contributed by atoms with Crippen LogP contribution in [0.15, 0.2) is 5.16 Å². The molecule has 0 rings (SSSR count). The summed E-state index contributed by atoms with van der Waals surface area (Å²) in [5.41, 5.74) is -0.392. The van der Waals surface area contributed by atoms with Crippen LogP contribution < -0.4 is 0 Å². The van der Waals surface area contributed by atoms with E-state index in [4.69, 9.17) is 5.21 Å². The molecule has 0 unspecified atom stereocenters. The van der Waals surface area contributed by atoms with Crippen LogP contribution in [0.25, 0.3) is 0 Å². The summed E-state index contributed by atoms with van der Waals surface area (Å²) in [6.07, 6.45) is 0. The highest BCUT2D eigenvalue weighted by molar-refractivity contribution is 8.15. The van der Waals surface area contributed by atoms with Gasteiger partial charge >= 0.3 is 0 Å². The molecule has 0 aromatic rings. The molecule has 0 heterocycles. The molecule has 0 saturated carbocycles. The minimum absolute atomic E-state index is 0.392. The molecule has 62 valence electrons. The third-order valence-corrected chi connectivity index (χ3v) is 1.65. The second kappa shape index (κ2) is 4.90. The maximum Gasteiger partial charge on any atom is 0.244 e. The molecule has 11 heavy (non-hydrogen) atoms.